The van der Waals surface area contributed by atoms with Gasteiger partial charge in [0.25, 0.3) is 5.91 Å². The van der Waals surface area contributed by atoms with Gasteiger partial charge in [-0.15, -0.1) is 0 Å². The summed E-state index contributed by atoms with van der Waals surface area (Å²) in [6.45, 7) is 6.33. The van der Waals surface area contributed by atoms with Crippen LogP contribution in [0.4, 0.5) is 0 Å². The number of carbonyl (C=O) groups is 1. The molecule has 0 aliphatic rings. The lowest BCUT2D eigenvalue weighted by Crippen LogP contribution is -2.30. The number of furan rings is 1. The van der Waals surface area contributed by atoms with Gasteiger partial charge in [0.15, 0.2) is 6.61 Å². The van der Waals surface area contributed by atoms with Gasteiger partial charge >= 0.3 is 0 Å². The molecule has 4 nitrogen and oxygen atoms in total. The molecule has 1 aromatic heterocycles. The highest BCUT2D eigenvalue weighted by Gasteiger charge is 2.12. The lowest BCUT2D eigenvalue weighted by atomic mass is 10.1. The Bertz CT molecular complexity index is 631. The van der Waals surface area contributed by atoms with Crippen LogP contribution < -0.4 is 4.74 Å². The number of amides is 1. The quantitative estimate of drug-likeness (QED) is 0.848. The molecular formula is C17H21NO3. The van der Waals surface area contributed by atoms with Crippen molar-refractivity contribution in [2.24, 2.45) is 0 Å². The van der Waals surface area contributed by atoms with Crippen molar-refractivity contribution < 1.29 is 13.9 Å². The lowest BCUT2D eigenvalue weighted by Gasteiger charge is -2.17. The zero-order valence-electron chi connectivity index (χ0n) is 13.0. The second-order valence-corrected chi connectivity index (χ2v) is 5.32. The van der Waals surface area contributed by atoms with Crippen LogP contribution in [0.15, 0.2) is 34.7 Å². The highest BCUT2D eigenvalue weighted by Crippen LogP contribution is 2.19. The van der Waals surface area contributed by atoms with Crippen molar-refractivity contribution in [1.82, 2.24) is 4.90 Å². The summed E-state index contributed by atoms with van der Waals surface area (Å²) in [5.74, 6) is 2.29. The molecule has 112 valence electrons. The molecule has 2 aromatic rings. The first-order chi connectivity index (χ1) is 9.95. The molecule has 0 unspecified atom stereocenters. The van der Waals surface area contributed by atoms with E-state index in [9.17, 15) is 4.79 Å². The van der Waals surface area contributed by atoms with Gasteiger partial charge in [0.05, 0.1) is 6.54 Å². The Morgan fingerprint density at radius 2 is 1.95 bits per heavy atom. The SMILES string of the molecule is Cc1ccc(C)c(OCC(=O)N(C)Cc2ccc(C)o2)c1. The van der Waals surface area contributed by atoms with Crippen molar-refractivity contribution in [3.8, 4) is 5.75 Å². The normalized spacial score (nSPS) is 10.5. The number of aryl methyl sites for hydroxylation is 3. The Labute approximate surface area is 125 Å². The minimum atomic E-state index is -0.0787. The molecule has 0 aliphatic carbocycles. The maximum absolute atomic E-state index is 12.1. The number of ether oxygens (including phenoxy) is 1. The molecule has 0 bridgehead atoms. The smallest absolute Gasteiger partial charge is 0.260 e. The standard InChI is InChI=1S/C17H21NO3/c1-12-5-6-13(2)16(9-12)20-11-17(19)18(4)10-15-8-7-14(3)21-15/h5-9H,10-11H2,1-4H3. The van der Waals surface area contributed by atoms with E-state index in [4.69, 9.17) is 9.15 Å². The van der Waals surface area contributed by atoms with E-state index in [1.807, 2.05) is 51.1 Å². The highest BCUT2D eigenvalue weighted by atomic mass is 16.5. The number of rotatable bonds is 5. The van der Waals surface area contributed by atoms with E-state index in [0.29, 0.717) is 6.54 Å². The van der Waals surface area contributed by atoms with Crippen LogP contribution in [0.1, 0.15) is 22.6 Å². The molecule has 0 fully saturated rings. The van der Waals surface area contributed by atoms with Gasteiger partial charge in [-0.05, 0) is 50.1 Å². The van der Waals surface area contributed by atoms with Gasteiger partial charge in [0, 0.05) is 7.05 Å². The molecule has 4 heteroatoms. The average molecular weight is 287 g/mol. The number of nitrogens with zero attached hydrogens (tertiary/aromatic N) is 1. The largest absolute Gasteiger partial charge is 0.483 e. The van der Waals surface area contributed by atoms with Gasteiger partial charge in [-0.25, -0.2) is 0 Å². The number of hydrogen-bond donors (Lipinski definition) is 0. The molecule has 0 aliphatic heterocycles. The third-order valence-electron chi connectivity index (χ3n) is 3.31. The molecule has 0 N–H and O–H groups in total. The van der Waals surface area contributed by atoms with E-state index < -0.39 is 0 Å². The number of benzene rings is 1. The van der Waals surface area contributed by atoms with Gasteiger partial charge in [-0.3, -0.25) is 4.79 Å². The maximum atomic E-state index is 12.1. The molecule has 2 rings (SSSR count). The maximum Gasteiger partial charge on any atom is 0.260 e. The highest BCUT2D eigenvalue weighted by molar-refractivity contribution is 5.77. The van der Waals surface area contributed by atoms with Crippen molar-refractivity contribution >= 4 is 5.91 Å². The lowest BCUT2D eigenvalue weighted by molar-refractivity contribution is -0.132. The summed E-state index contributed by atoms with van der Waals surface area (Å²) in [5.41, 5.74) is 2.14. The van der Waals surface area contributed by atoms with Gasteiger partial charge in [-0.2, -0.15) is 0 Å². The Balaban J connectivity index is 1.90. The zero-order valence-corrected chi connectivity index (χ0v) is 13.0. The topological polar surface area (TPSA) is 42.7 Å². The monoisotopic (exact) mass is 287 g/mol. The predicted molar refractivity (Wildman–Crippen MR) is 81.3 cm³/mol. The van der Waals surface area contributed by atoms with Crippen LogP contribution in [-0.4, -0.2) is 24.5 Å². The van der Waals surface area contributed by atoms with E-state index in [-0.39, 0.29) is 12.5 Å². The van der Waals surface area contributed by atoms with Crippen molar-refractivity contribution in [2.75, 3.05) is 13.7 Å². The zero-order chi connectivity index (χ0) is 15.4. The Morgan fingerprint density at radius 1 is 1.19 bits per heavy atom. The van der Waals surface area contributed by atoms with Crippen LogP contribution in [0, 0.1) is 20.8 Å². The fourth-order valence-corrected chi connectivity index (χ4v) is 2.00. The Kier molecular flexibility index (Phi) is 4.68. The van der Waals surface area contributed by atoms with Gasteiger partial charge in [0.2, 0.25) is 0 Å². The summed E-state index contributed by atoms with van der Waals surface area (Å²) in [4.78, 5) is 13.7. The molecule has 21 heavy (non-hydrogen) atoms. The van der Waals surface area contributed by atoms with Crippen molar-refractivity contribution in [1.29, 1.82) is 0 Å². The minimum Gasteiger partial charge on any atom is -0.483 e. The Hall–Kier alpha value is -2.23. The van der Waals surface area contributed by atoms with E-state index in [1.165, 1.54) is 0 Å². The van der Waals surface area contributed by atoms with Crippen molar-refractivity contribution in [3.05, 3.63) is 53.0 Å². The van der Waals surface area contributed by atoms with E-state index in [0.717, 1.165) is 28.4 Å². The predicted octanol–water partition coefficient (Wildman–Crippen LogP) is 3.24. The first-order valence-electron chi connectivity index (χ1n) is 6.95. The summed E-state index contributed by atoms with van der Waals surface area (Å²) in [7, 11) is 1.74. The molecule has 0 radical (unpaired) electrons. The molecule has 0 atom stereocenters. The van der Waals surface area contributed by atoms with Gasteiger partial charge in [-0.1, -0.05) is 12.1 Å². The molecule has 1 heterocycles. The average Bonchev–Trinajstić information content (AvgIpc) is 2.84. The van der Waals surface area contributed by atoms with Gasteiger partial charge < -0.3 is 14.1 Å². The van der Waals surface area contributed by atoms with Crippen molar-refractivity contribution in [3.63, 3.8) is 0 Å². The van der Waals surface area contributed by atoms with Crippen LogP contribution in [0.25, 0.3) is 0 Å². The summed E-state index contributed by atoms with van der Waals surface area (Å²) in [6, 6.07) is 9.73. The molecule has 0 spiro atoms. The Morgan fingerprint density at radius 3 is 2.62 bits per heavy atom. The third-order valence-corrected chi connectivity index (χ3v) is 3.31. The second-order valence-electron chi connectivity index (χ2n) is 5.32. The van der Waals surface area contributed by atoms with E-state index in [2.05, 4.69) is 0 Å². The summed E-state index contributed by atoms with van der Waals surface area (Å²) in [5, 5.41) is 0. The van der Waals surface area contributed by atoms with Crippen LogP contribution in [0.3, 0.4) is 0 Å². The summed E-state index contributed by atoms with van der Waals surface area (Å²) >= 11 is 0. The number of likely N-dealkylation sites (N-methyl/N-ethyl adjacent to an activating group) is 1. The number of hydrogen-bond acceptors (Lipinski definition) is 3. The van der Waals surface area contributed by atoms with Crippen LogP contribution in [0.2, 0.25) is 0 Å². The fraction of sp³-hybridized carbons (Fsp3) is 0.353. The van der Waals surface area contributed by atoms with Crippen LogP contribution in [0.5, 0.6) is 5.75 Å². The first-order valence-corrected chi connectivity index (χ1v) is 6.95. The first kappa shape index (κ1) is 15.2. The molecule has 1 aromatic carbocycles. The van der Waals surface area contributed by atoms with Crippen LogP contribution in [-0.2, 0) is 11.3 Å². The summed E-state index contributed by atoms with van der Waals surface area (Å²) in [6.07, 6.45) is 0. The number of carbonyl (C=O) groups excluding carboxylic acids is 1. The van der Waals surface area contributed by atoms with Gasteiger partial charge in [0.1, 0.15) is 17.3 Å². The molecule has 0 saturated heterocycles. The third kappa shape index (κ3) is 4.12. The van der Waals surface area contributed by atoms with E-state index >= 15 is 0 Å². The van der Waals surface area contributed by atoms with E-state index in [1.54, 1.807) is 11.9 Å². The molecular weight excluding hydrogens is 266 g/mol. The molecule has 0 saturated carbocycles. The van der Waals surface area contributed by atoms with Crippen LogP contribution >= 0.6 is 0 Å². The second kappa shape index (κ2) is 6.48. The fourth-order valence-electron chi connectivity index (χ4n) is 2.00. The summed E-state index contributed by atoms with van der Waals surface area (Å²) < 4.78 is 11.1. The molecule has 1 amide bonds. The minimum absolute atomic E-state index is 0.0283. The van der Waals surface area contributed by atoms with Crippen molar-refractivity contribution in [2.45, 2.75) is 27.3 Å².